The molecular weight excluding hydrogens is 146 g/mol. The summed E-state index contributed by atoms with van der Waals surface area (Å²) in [6, 6.07) is 0. The Balaban J connectivity index is 2.01. The van der Waals surface area contributed by atoms with E-state index in [1.54, 1.807) is 7.11 Å². The van der Waals surface area contributed by atoms with E-state index in [1.165, 1.54) is 0 Å². The van der Waals surface area contributed by atoms with Gasteiger partial charge in [-0.3, -0.25) is 4.79 Å². The van der Waals surface area contributed by atoms with E-state index in [9.17, 15) is 4.79 Å². The lowest BCUT2D eigenvalue weighted by atomic mass is 10.0. The largest absolute Gasteiger partial charge is 0.463 e. The average Bonchev–Trinajstić information content (AvgIpc) is 1.84. The summed E-state index contributed by atoms with van der Waals surface area (Å²) in [5.41, 5.74) is 0. The van der Waals surface area contributed by atoms with Crippen LogP contribution in [-0.4, -0.2) is 39.4 Å². The van der Waals surface area contributed by atoms with Gasteiger partial charge in [-0.2, -0.15) is 0 Å². The monoisotopic (exact) mass is 159 g/mol. The van der Waals surface area contributed by atoms with Gasteiger partial charge in [-0.25, -0.2) is 0 Å². The zero-order chi connectivity index (χ0) is 8.10. The molecule has 1 aliphatic rings. The van der Waals surface area contributed by atoms with Gasteiger partial charge in [0.05, 0.1) is 12.5 Å². The molecule has 0 amide bonds. The lowest BCUT2D eigenvalue weighted by molar-refractivity contribution is -0.151. The number of carbonyl (C=O) groups excluding carboxylic acids is 1. The van der Waals surface area contributed by atoms with Crippen molar-refractivity contribution in [2.75, 3.05) is 33.4 Å². The van der Waals surface area contributed by atoms with Gasteiger partial charge in [0, 0.05) is 20.2 Å². The molecule has 0 aliphatic carbocycles. The van der Waals surface area contributed by atoms with Crippen molar-refractivity contribution in [3.63, 3.8) is 0 Å². The molecule has 0 unspecified atom stereocenters. The molecule has 0 radical (unpaired) electrons. The van der Waals surface area contributed by atoms with Crippen LogP contribution in [0.15, 0.2) is 0 Å². The van der Waals surface area contributed by atoms with Gasteiger partial charge in [0.1, 0.15) is 6.61 Å². The quantitative estimate of drug-likeness (QED) is 0.439. The average molecular weight is 159 g/mol. The zero-order valence-corrected chi connectivity index (χ0v) is 6.63. The molecule has 0 saturated carbocycles. The predicted octanol–water partition coefficient (Wildman–Crippen LogP) is -0.605. The molecule has 0 spiro atoms. The number of rotatable bonds is 4. The van der Waals surface area contributed by atoms with E-state index in [0.29, 0.717) is 13.2 Å². The summed E-state index contributed by atoms with van der Waals surface area (Å²) in [4.78, 5) is 11.0. The first-order chi connectivity index (χ1) is 5.34. The summed E-state index contributed by atoms with van der Waals surface area (Å²) in [5.74, 6) is -0.0346. The van der Waals surface area contributed by atoms with E-state index in [0.717, 1.165) is 13.1 Å². The second-order valence-electron chi connectivity index (χ2n) is 2.52. The molecule has 4 heteroatoms. The van der Waals surface area contributed by atoms with Gasteiger partial charge in [-0.1, -0.05) is 0 Å². The fourth-order valence-corrected chi connectivity index (χ4v) is 0.799. The Bertz CT molecular complexity index is 134. The third-order valence-electron chi connectivity index (χ3n) is 1.65. The number of esters is 1. The van der Waals surface area contributed by atoms with Crippen molar-refractivity contribution in [2.24, 2.45) is 5.92 Å². The van der Waals surface area contributed by atoms with Crippen LogP contribution in [0.4, 0.5) is 0 Å². The maximum Gasteiger partial charge on any atom is 0.311 e. The van der Waals surface area contributed by atoms with Crippen molar-refractivity contribution in [1.82, 2.24) is 5.32 Å². The Morgan fingerprint density at radius 1 is 1.55 bits per heavy atom. The summed E-state index contributed by atoms with van der Waals surface area (Å²) in [6.45, 7) is 2.36. The van der Waals surface area contributed by atoms with Crippen molar-refractivity contribution in [1.29, 1.82) is 0 Å². The van der Waals surface area contributed by atoms with Crippen molar-refractivity contribution in [3.8, 4) is 0 Å². The Kier molecular flexibility index (Phi) is 3.32. The normalized spacial score (nSPS) is 17.5. The maximum absolute atomic E-state index is 11.0. The number of hydrogen-bond donors (Lipinski definition) is 1. The van der Waals surface area contributed by atoms with Gasteiger partial charge in [-0.05, 0) is 0 Å². The highest BCUT2D eigenvalue weighted by molar-refractivity contribution is 5.73. The molecule has 1 heterocycles. The van der Waals surface area contributed by atoms with Crippen molar-refractivity contribution in [2.45, 2.75) is 0 Å². The minimum Gasteiger partial charge on any atom is -0.463 e. The molecule has 4 nitrogen and oxygen atoms in total. The van der Waals surface area contributed by atoms with Crippen LogP contribution in [0, 0.1) is 5.92 Å². The van der Waals surface area contributed by atoms with E-state index < -0.39 is 0 Å². The first kappa shape index (κ1) is 8.49. The summed E-state index contributed by atoms with van der Waals surface area (Å²) in [7, 11) is 1.58. The smallest absolute Gasteiger partial charge is 0.311 e. The van der Waals surface area contributed by atoms with Crippen LogP contribution < -0.4 is 5.32 Å². The van der Waals surface area contributed by atoms with Crippen LogP contribution in [0.25, 0.3) is 0 Å². The molecule has 64 valence electrons. The van der Waals surface area contributed by atoms with Crippen LogP contribution in [0.5, 0.6) is 0 Å². The molecule has 1 fully saturated rings. The number of ether oxygens (including phenoxy) is 2. The maximum atomic E-state index is 11.0. The van der Waals surface area contributed by atoms with E-state index in [1.807, 2.05) is 0 Å². The molecule has 1 saturated heterocycles. The second-order valence-corrected chi connectivity index (χ2v) is 2.52. The van der Waals surface area contributed by atoms with Crippen molar-refractivity contribution in [3.05, 3.63) is 0 Å². The van der Waals surface area contributed by atoms with Gasteiger partial charge in [0.25, 0.3) is 0 Å². The van der Waals surface area contributed by atoms with E-state index in [-0.39, 0.29) is 11.9 Å². The molecular formula is C7H13NO3. The first-order valence-corrected chi connectivity index (χ1v) is 3.71. The molecule has 1 rings (SSSR count). The minimum atomic E-state index is -0.110. The summed E-state index contributed by atoms with van der Waals surface area (Å²) < 4.78 is 9.61. The molecule has 0 aromatic heterocycles. The summed E-state index contributed by atoms with van der Waals surface area (Å²) >= 11 is 0. The number of carbonyl (C=O) groups is 1. The highest BCUT2D eigenvalue weighted by Gasteiger charge is 2.25. The molecule has 1 N–H and O–H groups in total. The Labute approximate surface area is 65.9 Å². The van der Waals surface area contributed by atoms with Crippen LogP contribution in [-0.2, 0) is 14.3 Å². The van der Waals surface area contributed by atoms with Crippen LogP contribution >= 0.6 is 0 Å². The summed E-state index contributed by atoms with van der Waals surface area (Å²) in [5, 5.41) is 3.00. The third-order valence-corrected chi connectivity index (χ3v) is 1.65. The fraction of sp³-hybridized carbons (Fsp3) is 0.857. The third kappa shape index (κ3) is 2.48. The van der Waals surface area contributed by atoms with Gasteiger partial charge in [0.15, 0.2) is 0 Å². The van der Waals surface area contributed by atoms with Gasteiger partial charge < -0.3 is 14.8 Å². The highest BCUT2D eigenvalue weighted by atomic mass is 16.6. The molecule has 0 atom stereocenters. The number of nitrogens with one attached hydrogen (secondary N) is 1. The zero-order valence-electron chi connectivity index (χ0n) is 6.63. The van der Waals surface area contributed by atoms with Gasteiger partial charge >= 0.3 is 5.97 Å². The number of methoxy groups -OCH3 is 1. The molecule has 11 heavy (non-hydrogen) atoms. The molecule has 1 aliphatic heterocycles. The van der Waals surface area contributed by atoms with Gasteiger partial charge in [0.2, 0.25) is 0 Å². The minimum absolute atomic E-state index is 0.0758. The topological polar surface area (TPSA) is 47.6 Å². The SMILES string of the molecule is COCCOC(=O)C1CNC1. The molecule has 0 aromatic carbocycles. The highest BCUT2D eigenvalue weighted by Crippen LogP contribution is 2.04. The standard InChI is InChI=1S/C7H13NO3/c1-10-2-3-11-7(9)6-4-8-5-6/h6,8H,2-5H2,1H3. The molecule has 0 aromatic rings. The van der Waals surface area contributed by atoms with E-state index in [4.69, 9.17) is 9.47 Å². The Morgan fingerprint density at radius 2 is 2.27 bits per heavy atom. The molecule has 0 bridgehead atoms. The van der Waals surface area contributed by atoms with Crippen LogP contribution in [0.3, 0.4) is 0 Å². The Hall–Kier alpha value is -0.610. The van der Waals surface area contributed by atoms with Gasteiger partial charge in [-0.15, -0.1) is 0 Å². The fourth-order valence-electron chi connectivity index (χ4n) is 0.799. The van der Waals surface area contributed by atoms with Crippen molar-refractivity contribution < 1.29 is 14.3 Å². The van der Waals surface area contributed by atoms with E-state index >= 15 is 0 Å². The van der Waals surface area contributed by atoms with Crippen molar-refractivity contribution >= 4 is 5.97 Å². The Morgan fingerprint density at radius 3 is 2.73 bits per heavy atom. The van der Waals surface area contributed by atoms with Crippen LogP contribution in [0.2, 0.25) is 0 Å². The number of hydrogen-bond acceptors (Lipinski definition) is 4. The lowest BCUT2D eigenvalue weighted by Crippen LogP contribution is -2.47. The summed E-state index contributed by atoms with van der Waals surface area (Å²) in [6.07, 6.45) is 0. The van der Waals surface area contributed by atoms with Crippen LogP contribution in [0.1, 0.15) is 0 Å². The lowest BCUT2D eigenvalue weighted by Gasteiger charge is -2.24. The predicted molar refractivity (Wildman–Crippen MR) is 39.2 cm³/mol. The van der Waals surface area contributed by atoms with E-state index in [2.05, 4.69) is 5.32 Å². The first-order valence-electron chi connectivity index (χ1n) is 3.71. The second kappa shape index (κ2) is 4.31.